The maximum atomic E-state index is 6.24. The zero-order valence-corrected chi connectivity index (χ0v) is 11.2. The Morgan fingerprint density at radius 2 is 1.67 bits per heavy atom. The van der Waals surface area contributed by atoms with Gasteiger partial charge in [0.05, 0.1) is 10.0 Å². The predicted octanol–water partition coefficient (Wildman–Crippen LogP) is 4.39. The molecule has 1 nitrogen and oxygen atoms in total. The van der Waals surface area contributed by atoms with Gasteiger partial charge in [0.2, 0.25) is 0 Å². The summed E-state index contributed by atoms with van der Waals surface area (Å²) in [6.07, 6.45) is 1.78. The van der Waals surface area contributed by atoms with Crippen LogP contribution in [0.3, 0.4) is 0 Å². The maximum Gasteiger partial charge on any atom is 0.0595 e. The van der Waals surface area contributed by atoms with Crippen molar-refractivity contribution >= 4 is 35.6 Å². The average molecular weight is 269 g/mol. The monoisotopic (exact) mass is 267 g/mol. The Kier molecular flexibility index (Phi) is 5.97. The fourth-order valence-corrected chi connectivity index (χ4v) is 1.76. The van der Waals surface area contributed by atoms with Crippen molar-refractivity contribution in [1.82, 2.24) is 0 Å². The number of hydrogen-bond acceptors (Lipinski definition) is 1. The first-order valence-corrected chi connectivity index (χ1v) is 5.53. The van der Waals surface area contributed by atoms with Crippen LogP contribution in [-0.4, -0.2) is 0 Å². The summed E-state index contributed by atoms with van der Waals surface area (Å²) in [4.78, 5) is 0. The quantitative estimate of drug-likeness (QED) is 0.864. The molecule has 86 valence electrons. The Morgan fingerprint density at radius 1 is 1.13 bits per heavy atom. The molecule has 0 atom stereocenters. The van der Waals surface area contributed by atoms with Gasteiger partial charge in [-0.1, -0.05) is 43.1 Å². The Morgan fingerprint density at radius 3 is 2.07 bits per heavy atom. The number of nitrogens with two attached hydrogens (primary N) is 1. The van der Waals surface area contributed by atoms with Gasteiger partial charge in [-0.2, -0.15) is 0 Å². The molecular formula is C11H16Cl3N. The van der Waals surface area contributed by atoms with Crippen LogP contribution in [0.1, 0.15) is 32.3 Å². The van der Waals surface area contributed by atoms with Crippen molar-refractivity contribution in [2.75, 3.05) is 0 Å². The van der Waals surface area contributed by atoms with Crippen LogP contribution in [0.5, 0.6) is 0 Å². The molecule has 0 aliphatic carbocycles. The van der Waals surface area contributed by atoms with Crippen LogP contribution in [0.4, 0.5) is 0 Å². The molecule has 0 aliphatic rings. The molecule has 0 aromatic heterocycles. The first-order chi connectivity index (χ1) is 6.53. The number of rotatable bonds is 3. The minimum atomic E-state index is -0.284. The summed E-state index contributed by atoms with van der Waals surface area (Å²) in [5, 5.41) is 1.14. The van der Waals surface area contributed by atoms with Crippen LogP contribution in [0.25, 0.3) is 0 Å². The smallest absolute Gasteiger partial charge is 0.0595 e. The van der Waals surface area contributed by atoms with Gasteiger partial charge in [-0.25, -0.2) is 0 Å². The van der Waals surface area contributed by atoms with Crippen molar-refractivity contribution in [3.05, 3.63) is 33.8 Å². The first-order valence-electron chi connectivity index (χ1n) is 4.78. The molecule has 0 radical (unpaired) electrons. The molecule has 0 unspecified atom stereocenters. The Labute approximate surface area is 107 Å². The second-order valence-corrected chi connectivity index (χ2v) is 4.31. The van der Waals surface area contributed by atoms with Crippen LogP contribution in [0.15, 0.2) is 18.2 Å². The molecule has 0 heterocycles. The Hall–Kier alpha value is 0.0500. The Balaban J connectivity index is 0.00000196. The summed E-state index contributed by atoms with van der Waals surface area (Å²) in [7, 11) is 0. The van der Waals surface area contributed by atoms with E-state index in [1.165, 1.54) is 0 Å². The molecule has 1 rings (SSSR count). The van der Waals surface area contributed by atoms with Crippen LogP contribution < -0.4 is 5.73 Å². The van der Waals surface area contributed by atoms with Crippen LogP contribution in [0, 0.1) is 0 Å². The SMILES string of the molecule is CCC(N)(CC)c1ccc(Cl)c(Cl)c1.Cl. The van der Waals surface area contributed by atoms with Crippen LogP contribution >= 0.6 is 35.6 Å². The molecule has 0 amide bonds. The maximum absolute atomic E-state index is 6.24. The van der Waals surface area contributed by atoms with Crippen molar-refractivity contribution in [2.45, 2.75) is 32.2 Å². The topological polar surface area (TPSA) is 26.0 Å². The van der Waals surface area contributed by atoms with Crippen molar-refractivity contribution < 1.29 is 0 Å². The van der Waals surface area contributed by atoms with Crippen molar-refractivity contribution in [3.63, 3.8) is 0 Å². The summed E-state index contributed by atoms with van der Waals surface area (Å²) >= 11 is 11.8. The lowest BCUT2D eigenvalue weighted by molar-refractivity contribution is 0.413. The van der Waals surface area contributed by atoms with E-state index in [1.54, 1.807) is 6.07 Å². The molecule has 0 spiro atoms. The van der Waals surface area contributed by atoms with E-state index in [2.05, 4.69) is 13.8 Å². The van der Waals surface area contributed by atoms with Crippen LogP contribution in [0.2, 0.25) is 10.0 Å². The highest BCUT2D eigenvalue weighted by Crippen LogP contribution is 2.30. The van der Waals surface area contributed by atoms with Gasteiger partial charge in [-0.15, -0.1) is 12.4 Å². The van der Waals surface area contributed by atoms with Gasteiger partial charge in [0, 0.05) is 5.54 Å². The van der Waals surface area contributed by atoms with Gasteiger partial charge in [0.15, 0.2) is 0 Å². The summed E-state index contributed by atoms with van der Waals surface area (Å²) < 4.78 is 0. The molecule has 0 fully saturated rings. The normalized spacial score (nSPS) is 11.0. The molecule has 2 N–H and O–H groups in total. The summed E-state index contributed by atoms with van der Waals surface area (Å²) in [6.45, 7) is 4.15. The van der Waals surface area contributed by atoms with E-state index in [0.29, 0.717) is 10.0 Å². The zero-order valence-electron chi connectivity index (χ0n) is 8.89. The number of hydrogen-bond donors (Lipinski definition) is 1. The molecule has 0 saturated carbocycles. The van der Waals surface area contributed by atoms with E-state index in [0.717, 1.165) is 18.4 Å². The van der Waals surface area contributed by atoms with Gasteiger partial charge in [0.25, 0.3) is 0 Å². The molecule has 0 saturated heterocycles. The molecule has 4 heteroatoms. The fourth-order valence-electron chi connectivity index (χ4n) is 1.46. The van der Waals surface area contributed by atoms with Crippen molar-refractivity contribution in [3.8, 4) is 0 Å². The van der Waals surface area contributed by atoms with E-state index in [-0.39, 0.29) is 17.9 Å². The molecule has 0 bridgehead atoms. The van der Waals surface area contributed by atoms with Gasteiger partial charge < -0.3 is 5.73 Å². The minimum Gasteiger partial charge on any atom is -0.321 e. The van der Waals surface area contributed by atoms with Crippen molar-refractivity contribution in [1.29, 1.82) is 0 Å². The summed E-state index contributed by atoms with van der Waals surface area (Å²) in [5.74, 6) is 0. The highest BCUT2D eigenvalue weighted by Gasteiger charge is 2.23. The summed E-state index contributed by atoms with van der Waals surface area (Å²) in [5.41, 5.74) is 7.00. The third kappa shape index (κ3) is 3.25. The van der Waals surface area contributed by atoms with Crippen LogP contribution in [-0.2, 0) is 5.54 Å². The zero-order chi connectivity index (χ0) is 10.8. The third-order valence-electron chi connectivity index (χ3n) is 2.76. The molecule has 15 heavy (non-hydrogen) atoms. The van der Waals surface area contributed by atoms with Gasteiger partial charge in [-0.3, -0.25) is 0 Å². The molecule has 0 aliphatic heterocycles. The van der Waals surface area contributed by atoms with E-state index >= 15 is 0 Å². The number of benzene rings is 1. The van der Waals surface area contributed by atoms with Gasteiger partial charge in [-0.05, 0) is 30.5 Å². The van der Waals surface area contributed by atoms with E-state index in [9.17, 15) is 0 Å². The van der Waals surface area contributed by atoms with E-state index in [4.69, 9.17) is 28.9 Å². The van der Waals surface area contributed by atoms with E-state index < -0.39 is 0 Å². The average Bonchev–Trinajstić information content (AvgIpc) is 2.21. The lowest BCUT2D eigenvalue weighted by Crippen LogP contribution is -2.34. The third-order valence-corrected chi connectivity index (χ3v) is 3.50. The predicted molar refractivity (Wildman–Crippen MR) is 70.2 cm³/mol. The van der Waals surface area contributed by atoms with Gasteiger partial charge >= 0.3 is 0 Å². The minimum absolute atomic E-state index is 0. The Bertz CT molecular complexity index is 322. The fraction of sp³-hybridized carbons (Fsp3) is 0.455. The molecule has 1 aromatic carbocycles. The second-order valence-electron chi connectivity index (χ2n) is 3.49. The first kappa shape index (κ1) is 15.0. The lowest BCUT2D eigenvalue weighted by Gasteiger charge is -2.27. The second kappa shape index (κ2) is 5.95. The largest absolute Gasteiger partial charge is 0.321 e. The lowest BCUT2D eigenvalue weighted by atomic mass is 9.86. The standard InChI is InChI=1S/C11H15Cl2N.ClH/c1-3-11(14,4-2)8-5-6-9(12)10(13)7-8;/h5-7H,3-4,14H2,1-2H3;1H. The van der Waals surface area contributed by atoms with Gasteiger partial charge in [0.1, 0.15) is 0 Å². The summed E-state index contributed by atoms with van der Waals surface area (Å²) in [6, 6.07) is 5.60. The van der Waals surface area contributed by atoms with Crippen molar-refractivity contribution in [2.24, 2.45) is 5.73 Å². The molecular weight excluding hydrogens is 252 g/mol. The highest BCUT2D eigenvalue weighted by atomic mass is 35.5. The van der Waals surface area contributed by atoms with E-state index in [1.807, 2.05) is 12.1 Å². The number of halogens is 3. The highest BCUT2D eigenvalue weighted by molar-refractivity contribution is 6.42. The molecule has 1 aromatic rings.